The third kappa shape index (κ3) is 6.24. The second-order valence-electron chi connectivity index (χ2n) is 7.11. The third-order valence-electron chi connectivity index (χ3n) is 4.85. The molecule has 0 saturated carbocycles. The van der Waals surface area contributed by atoms with Crippen LogP contribution in [0.15, 0.2) is 45.8 Å². The van der Waals surface area contributed by atoms with Gasteiger partial charge in [-0.05, 0) is 24.6 Å². The summed E-state index contributed by atoms with van der Waals surface area (Å²) >= 11 is 6.08. The van der Waals surface area contributed by atoms with Gasteiger partial charge in [0, 0.05) is 23.3 Å². The van der Waals surface area contributed by atoms with E-state index in [0.717, 1.165) is 43.3 Å². The number of quaternary nitrogens is 1. The average molecular weight is 421 g/mol. The van der Waals surface area contributed by atoms with Gasteiger partial charge in [-0.15, -0.1) is 0 Å². The number of anilines is 1. The molecule has 3 rings (SSSR count). The molecule has 29 heavy (non-hydrogen) atoms. The Hall–Kier alpha value is -2.51. The third-order valence-corrected chi connectivity index (χ3v) is 5.09. The fraction of sp³-hybridized carbons (Fsp3) is 0.429. The van der Waals surface area contributed by atoms with Crippen LogP contribution in [0.3, 0.4) is 0 Å². The molecule has 0 unspecified atom stereocenters. The van der Waals surface area contributed by atoms with Crippen LogP contribution in [-0.4, -0.2) is 45.2 Å². The van der Waals surface area contributed by atoms with Crippen LogP contribution in [0.25, 0.3) is 0 Å². The van der Waals surface area contributed by atoms with Crippen molar-refractivity contribution in [2.75, 3.05) is 44.2 Å². The van der Waals surface area contributed by atoms with Crippen molar-refractivity contribution in [1.82, 2.24) is 5.32 Å². The minimum absolute atomic E-state index is 0.0566. The molecule has 1 aromatic heterocycles. The first-order chi connectivity index (χ1) is 14.0. The Kier molecular flexibility index (Phi) is 7.55. The summed E-state index contributed by atoms with van der Waals surface area (Å²) in [7, 11) is 0. The lowest BCUT2D eigenvalue weighted by molar-refractivity contribution is -0.915. The fourth-order valence-corrected chi connectivity index (χ4v) is 3.46. The number of rotatable bonds is 8. The molecule has 0 atom stereocenters. The maximum absolute atomic E-state index is 12.2. The molecular formula is C21H27ClN3O4+. The van der Waals surface area contributed by atoms with E-state index in [9.17, 15) is 9.59 Å². The Morgan fingerprint density at radius 2 is 2.10 bits per heavy atom. The Bertz CT molecular complexity index is 878. The minimum atomic E-state index is -0.272. The van der Waals surface area contributed by atoms with Crippen LogP contribution >= 0.6 is 11.6 Å². The molecule has 0 spiro atoms. The number of amides is 1. The minimum Gasteiger partial charge on any atom is -0.477 e. The predicted octanol–water partition coefficient (Wildman–Crippen LogP) is 1.10. The summed E-state index contributed by atoms with van der Waals surface area (Å²) in [5, 5.41) is 3.43. The summed E-state index contributed by atoms with van der Waals surface area (Å²) in [6, 6.07) is 9.34. The molecule has 1 aliphatic heterocycles. The van der Waals surface area contributed by atoms with E-state index in [1.54, 1.807) is 0 Å². The second-order valence-corrected chi connectivity index (χ2v) is 7.54. The molecular weight excluding hydrogens is 394 g/mol. The zero-order chi connectivity index (χ0) is 20.6. The van der Waals surface area contributed by atoms with Crippen molar-refractivity contribution in [2.24, 2.45) is 0 Å². The topological polar surface area (TPSA) is 76.2 Å². The Morgan fingerprint density at radius 3 is 2.79 bits per heavy atom. The lowest BCUT2D eigenvalue weighted by Gasteiger charge is -2.33. The van der Waals surface area contributed by atoms with Gasteiger partial charge in [0.15, 0.2) is 12.4 Å². The van der Waals surface area contributed by atoms with Crippen LogP contribution in [0.2, 0.25) is 5.02 Å². The standard InChI is InChI=1S/C21H26ClN3O4/c1-2-6-23-21(27)15-29-20-14-28-18(12-19(20)26)13-24-7-9-25(10-8-24)17-5-3-4-16(22)11-17/h3-5,11-12,14H,2,6-10,13,15H2,1H3,(H,23,27)/p+1. The van der Waals surface area contributed by atoms with E-state index >= 15 is 0 Å². The molecule has 2 heterocycles. The molecule has 8 heteroatoms. The number of carbonyl (C=O) groups excluding carboxylic acids is 1. The van der Waals surface area contributed by atoms with Crippen molar-refractivity contribution >= 4 is 23.2 Å². The number of nitrogens with zero attached hydrogens (tertiary/aromatic N) is 1. The maximum atomic E-state index is 12.2. The zero-order valence-corrected chi connectivity index (χ0v) is 17.3. The number of piperazine rings is 1. The van der Waals surface area contributed by atoms with E-state index in [4.69, 9.17) is 20.8 Å². The van der Waals surface area contributed by atoms with Gasteiger partial charge in [-0.2, -0.15) is 0 Å². The van der Waals surface area contributed by atoms with Crippen LogP contribution in [0, 0.1) is 0 Å². The van der Waals surface area contributed by atoms with Gasteiger partial charge in [-0.25, -0.2) is 0 Å². The first kappa shape index (κ1) is 21.2. The summed E-state index contributed by atoms with van der Waals surface area (Å²) < 4.78 is 10.8. The summed E-state index contributed by atoms with van der Waals surface area (Å²) in [4.78, 5) is 27.5. The van der Waals surface area contributed by atoms with Crippen LogP contribution in [0.5, 0.6) is 5.75 Å². The van der Waals surface area contributed by atoms with Gasteiger partial charge in [0.2, 0.25) is 11.2 Å². The number of halogens is 1. The van der Waals surface area contributed by atoms with E-state index in [1.807, 2.05) is 25.1 Å². The highest BCUT2D eigenvalue weighted by Crippen LogP contribution is 2.19. The fourth-order valence-electron chi connectivity index (χ4n) is 3.27. The first-order valence-electron chi connectivity index (χ1n) is 9.90. The zero-order valence-electron chi connectivity index (χ0n) is 16.6. The highest BCUT2D eigenvalue weighted by Gasteiger charge is 2.21. The Morgan fingerprint density at radius 1 is 1.31 bits per heavy atom. The number of hydrogen-bond acceptors (Lipinski definition) is 5. The summed E-state index contributed by atoms with van der Waals surface area (Å²) in [6.07, 6.45) is 2.14. The van der Waals surface area contributed by atoms with E-state index < -0.39 is 0 Å². The average Bonchev–Trinajstić information content (AvgIpc) is 2.72. The van der Waals surface area contributed by atoms with E-state index in [2.05, 4.69) is 16.3 Å². The van der Waals surface area contributed by atoms with Crippen LogP contribution in [-0.2, 0) is 11.3 Å². The van der Waals surface area contributed by atoms with Crippen LogP contribution in [0.1, 0.15) is 19.1 Å². The van der Waals surface area contributed by atoms with Gasteiger partial charge in [-0.3, -0.25) is 9.59 Å². The number of hydrogen-bond donors (Lipinski definition) is 2. The molecule has 0 radical (unpaired) electrons. The van der Waals surface area contributed by atoms with Crippen molar-refractivity contribution in [3.05, 3.63) is 57.6 Å². The smallest absolute Gasteiger partial charge is 0.257 e. The number of benzene rings is 1. The molecule has 1 amide bonds. The van der Waals surface area contributed by atoms with Crippen LogP contribution in [0.4, 0.5) is 5.69 Å². The highest BCUT2D eigenvalue weighted by molar-refractivity contribution is 6.30. The first-order valence-corrected chi connectivity index (χ1v) is 10.3. The SMILES string of the molecule is CCCNC(=O)COc1coc(C[NH+]2CCN(c3cccc(Cl)c3)CC2)cc1=O. The lowest BCUT2D eigenvalue weighted by Crippen LogP contribution is -3.13. The van der Waals surface area contributed by atoms with Crippen molar-refractivity contribution in [3.8, 4) is 5.75 Å². The number of carbonyl (C=O) groups is 1. The van der Waals surface area contributed by atoms with Crippen molar-refractivity contribution in [3.63, 3.8) is 0 Å². The largest absolute Gasteiger partial charge is 0.477 e. The molecule has 156 valence electrons. The molecule has 0 aliphatic carbocycles. The van der Waals surface area contributed by atoms with Gasteiger partial charge in [0.1, 0.15) is 12.8 Å². The molecule has 1 saturated heterocycles. The van der Waals surface area contributed by atoms with E-state index in [1.165, 1.54) is 17.2 Å². The maximum Gasteiger partial charge on any atom is 0.257 e. The van der Waals surface area contributed by atoms with Gasteiger partial charge in [0.25, 0.3) is 5.91 Å². The van der Waals surface area contributed by atoms with Gasteiger partial charge < -0.3 is 24.3 Å². The van der Waals surface area contributed by atoms with Gasteiger partial charge in [-0.1, -0.05) is 24.6 Å². The number of ether oxygens (including phenoxy) is 1. The summed E-state index contributed by atoms with van der Waals surface area (Å²) in [5.41, 5.74) is 0.860. The predicted molar refractivity (Wildman–Crippen MR) is 112 cm³/mol. The monoisotopic (exact) mass is 420 g/mol. The number of nitrogens with one attached hydrogen (secondary N) is 2. The molecule has 1 fully saturated rings. The molecule has 2 aromatic rings. The van der Waals surface area contributed by atoms with E-state index in [0.29, 0.717) is 18.8 Å². The van der Waals surface area contributed by atoms with Gasteiger partial charge in [0.05, 0.1) is 26.2 Å². The van der Waals surface area contributed by atoms with Crippen molar-refractivity contribution in [2.45, 2.75) is 19.9 Å². The van der Waals surface area contributed by atoms with Crippen LogP contribution < -0.4 is 25.3 Å². The van der Waals surface area contributed by atoms with Crippen molar-refractivity contribution < 1.29 is 18.8 Å². The van der Waals surface area contributed by atoms with Gasteiger partial charge >= 0.3 is 0 Å². The Balaban J connectivity index is 1.49. The molecule has 1 aliphatic rings. The summed E-state index contributed by atoms with van der Waals surface area (Å²) in [6.45, 7) is 6.69. The normalized spacial score (nSPS) is 14.6. The highest BCUT2D eigenvalue weighted by atomic mass is 35.5. The second kappa shape index (κ2) is 10.3. The molecule has 1 aromatic carbocycles. The molecule has 7 nitrogen and oxygen atoms in total. The quantitative estimate of drug-likeness (QED) is 0.669. The van der Waals surface area contributed by atoms with E-state index in [-0.39, 0.29) is 23.7 Å². The molecule has 0 bridgehead atoms. The Labute approximate surface area is 175 Å². The summed E-state index contributed by atoms with van der Waals surface area (Å²) in [5.74, 6) is 0.419. The molecule has 2 N–H and O–H groups in total. The van der Waals surface area contributed by atoms with Crippen molar-refractivity contribution in [1.29, 1.82) is 0 Å². The lowest BCUT2D eigenvalue weighted by atomic mass is 10.2.